The van der Waals surface area contributed by atoms with E-state index >= 15 is 0 Å². The Labute approximate surface area is 133 Å². The molecule has 1 aromatic rings. The van der Waals surface area contributed by atoms with Crippen molar-refractivity contribution in [1.82, 2.24) is 4.31 Å². The molecule has 19 heavy (non-hydrogen) atoms. The fourth-order valence-electron chi connectivity index (χ4n) is 1.65. The number of hydrogen-bond acceptors (Lipinski definition) is 3. The van der Waals surface area contributed by atoms with Gasteiger partial charge in [-0.15, -0.1) is 22.9 Å². The molecule has 0 fully saturated rings. The van der Waals surface area contributed by atoms with Crippen molar-refractivity contribution in [2.24, 2.45) is 5.92 Å². The minimum Gasteiger partial charge on any atom is -0.207 e. The van der Waals surface area contributed by atoms with Gasteiger partial charge in [-0.2, -0.15) is 4.31 Å². The molecule has 0 bridgehead atoms. The maximum absolute atomic E-state index is 12.6. The average molecular weight is 389 g/mol. The summed E-state index contributed by atoms with van der Waals surface area (Å²) in [6.45, 7) is 7.02. The molecule has 1 unspecified atom stereocenters. The molecular formula is C12H19BrClNO2S2. The largest absolute Gasteiger partial charge is 0.245 e. The fourth-order valence-corrected chi connectivity index (χ4v) is 5.94. The van der Waals surface area contributed by atoms with Gasteiger partial charge in [0.05, 0.1) is 9.67 Å². The Morgan fingerprint density at radius 1 is 1.47 bits per heavy atom. The monoisotopic (exact) mass is 387 g/mol. The van der Waals surface area contributed by atoms with E-state index in [2.05, 4.69) is 29.8 Å². The van der Waals surface area contributed by atoms with E-state index < -0.39 is 10.0 Å². The second-order valence-corrected chi connectivity index (χ2v) is 9.08. The van der Waals surface area contributed by atoms with Crippen LogP contribution in [0.2, 0.25) is 0 Å². The third-order valence-corrected chi connectivity index (χ3v) is 7.66. The molecule has 110 valence electrons. The lowest BCUT2D eigenvalue weighted by Gasteiger charge is -2.23. The molecule has 1 heterocycles. The predicted molar refractivity (Wildman–Crippen MR) is 85.5 cm³/mol. The first-order valence-electron chi connectivity index (χ1n) is 6.21. The van der Waals surface area contributed by atoms with Crippen molar-refractivity contribution in [3.05, 3.63) is 14.7 Å². The molecular weight excluding hydrogens is 370 g/mol. The van der Waals surface area contributed by atoms with E-state index in [0.29, 0.717) is 33.6 Å². The average Bonchev–Trinajstić information content (AvgIpc) is 2.77. The smallest absolute Gasteiger partial charge is 0.207 e. The number of halogens is 2. The highest BCUT2D eigenvalue weighted by Crippen LogP contribution is 2.34. The molecule has 0 spiro atoms. The summed E-state index contributed by atoms with van der Waals surface area (Å²) in [5.41, 5.74) is 0. The van der Waals surface area contributed by atoms with Crippen LogP contribution in [0, 0.1) is 5.92 Å². The van der Waals surface area contributed by atoms with Gasteiger partial charge in [0.2, 0.25) is 10.0 Å². The van der Waals surface area contributed by atoms with Crippen LogP contribution in [0.25, 0.3) is 0 Å². The minimum absolute atomic E-state index is 0.330. The van der Waals surface area contributed by atoms with Gasteiger partial charge in [0.1, 0.15) is 4.90 Å². The summed E-state index contributed by atoms with van der Waals surface area (Å²) in [6.07, 6.45) is 0.962. The van der Waals surface area contributed by atoms with E-state index in [0.717, 1.165) is 11.3 Å². The van der Waals surface area contributed by atoms with Crippen LogP contribution in [-0.4, -0.2) is 25.8 Å². The van der Waals surface area contributed by atoms with Crippen LogP contribution in [0.15, 0.2) is 14.7 Å². The lowest BCUT2D eigenvalue weighted by molar-refractivity contribution is 0.361. The highest BCUT2D eigenvalue weighted by molar-refractivity contribution is 9.11. The topological polar surface area (TPSA) is 37.4 Å². The van der Waals surface area contributed by atoms with Gasteiger partial charge in [0.25, 0.3) is 0 Å². The first-order chi connectivity index (χ1) is 8.86. The van der Waals surface area contributed by atoms with Crippen molar-refractivity contribution < 1.29 is 8.42 Å². The molecule has 0 radical (unpaired) electrons. The van der Waals surface area contributed by atoms with E-state index in [9.17, 15) is 8.42 Å². The third-order valence-electron chi connectivity index (χ3n) is 3.02. The molecule has 0 aliphatic carbocycles. The fraction of sp³-hybridized carbons (Fsp3) is 0.667. The number of rotatable bonds is 7. The summed E-state index contributed by atoms with van der Waals surface area (Å²) in [4.78, 5) is 1.19. The Balaban J connectivity index is 3.09. The number of nitrogens with zero attached hydrogens (tertiary/aromatic N) is 1. The molecule has 0 aliphatic heterocycles. The predicted octanol–water partition coefficient (Wildman–Crippen LogP) is 4.31. The molecule has 1 aromatic heterocycles. The summed E-state index contributed by atoms with van der Waals surface area (Å²) in [7, 11) is -3.44. The van der Waals surface area contributed by atoms with E-state index in [1.165, 1.54) is 15.6 Å². The van der Waals surface area contributed by atoms with Crippen LogP contribution in [0.4, 0.5) is 0 Å². The van der Waals surface area contributed by atoms with Crippen molar-refractivity contribution in [3.63, 3.8) is 0 Å². The van der Waals surface area contributed by atoms with E-state index in [1.807, 2.05) is 6.92 Å². The van der Waals surface area contributed by atoms with Gasteiger partial charge in [-0.05, 0) is 27.9 Å². The Morgan fingerprint density at radius 2 is 2.11 bits per heavy atom. The molecule has 0 N–H and O–H groups in total. The van der Waals surface area contributed by atoms with Gasteiger partial charge in [-0.1, -0.05) is 27.2 Å². The summed E-state index contributed by atoms with van der Waals surface area (Å²) in [6, 6.07) is 1.66. The molecule has 1 rings (SSSR count). The van der Waals surface area contributed by atoms with Crippen molar-refractivity contribution in [2.75, 3.05) is 13.1 Å². The molecule has 0 amide bonds. The summed E-state index contributed by atoms with van der Waals surface area (Å²) in [5.74, 6) is 0.677. The Bertz CT molecular complexity index is 516. The summed E-state index contributed by atoms with van der Waals surface area (Å²) in [5, 5.41) is 0. The molecule has 0 saturated carbocycles. The van der Waals surface area contributed by atoms with Gasteiger partial charge in [-0.3, -0.25) is 0 Å². The maximum Gasteiger partial charge on any atom is 0.245 e. The van der Waals surface area contributed by atoms with E-state index in [1.54, 1.807) is 6.07 Å². The highest BCUT2D eigenvalue weighted by Gasteiger charge is 2.28. The Morgan fingerprint density at radius 3 is 2.53 bits per heavy atom. The van der Waals surface area contributed by atoms with Crippen molar-refractivity contribution >= 4 is 48.9 Å². The number of hydrogen-bond donors (Lipinski definition) is 0. The highest BCUT2D eigenvalue weighted by atomic mass is 79.9. The van der Waals surface area contributed by atoms with Crippen molar-refractivity contribution in [1.29, 1.82) is 0 Å². The minimum atomic E-state index is -3.44. The van der Waals surface area contributed by atoms with Gasteiger partial charge < -0.3 is 0 Å². The number of alkyl halides is 1. The lowest BCUT2D eigenvalue weighted by atomic mass is 10.1. The Hall–Kier alpha value is 0.380. The zero-order valence-corrected chi connectivity index (χ0v) is 15.3. The summed E-state index contributed by atoms with van der Waals surface area (Å²) < 4.78 is 27.4. The zero-order chi connectivity index (χ0) is 14.6. The number of sulfonamides is 1. The van der Waals surface area contributed by atoms with Gasteiger partial charge in [-0.25, -0.2) is 8.42 Å². The Kier molecular flexibility index (Phi) is 6.79. The van der Waals surface area contributed by atoms with E-state index in [4.69, 9.17) is 11.6 Å². The van der Waals surface area contributed by atoms with Gasteiger partial charge >= 0.3 is 0 Å². The molecule has 3 nitrogen and oxygen atoms in total. The van der Waals surface area contributed by atoms with Gasteiger partial charge in [0.15, 0.2) is 0 Å². The maximum atomic E-state index is 12.6. The van der Waals surface area contributed by atoms with Crippen molar-refractivity contribution in [2.45, 2.75) is 38.0 Å². The quantitative estimate of drug-likeness (QED) is 0.653. The lowest BCUT2D eigenvalue weighted by Crippen LogP contribution is -2.34. The van der Waals surface area contributed by atoms with E-state index in [-0.39, 0.29) is 0 Å². The first-order valence-corrected chi connectivity index (χ1v) is 9.79. The summed E-state index contributed by atoms with van der Waals surface area (Å²) >= 11 is 10.5. The first kappa shape index (κ1) is 17.4. The van der Waals surface area contributed by atoms with Crippen LogP contribution < -0.4 is 0 Å². The van der Waals surface area contributed by atoms with Gasteiger partial charge in [0, 0.05) is 18.0 Å². The molecule has 0 saturated heterocycles. The van der Waals surface area contributed by atoms with Crippen LogP contribution in [0.3, 0.4) is 0 Å². The zero-order valence-electron chi connectivity index (χ0n) is 11.3. The molecule has 1 atom stereocenters. The second-order valence-electron chi connectivity index (χ2n) is 4.45. The van der Waals surface area contributed by atoms with Crippen LogP contribution in [-0.2, 0) is 15.9 Å². The normalized spacial score (nSPS) is 14.0. The number of thiophene rings is 1. The molecule has 0 aromatic carbocycles. The molecule has 7 heteroatoms. The van der Waals surface area contributed by atoms with Crippen LogP contribution in [0.5, 0.6) is 0 Å². The third kappa shape index (κ3) is 4.17. The van der Waals surface area contributed by atoms with Crippen LogP contribution >= 0.6 is 38.9 Å². The standard InChI is InChI=1S/C12H19BrClNO2S2/c1-4-9(3)8-15(5-2)19(16,17)11-6-10(7-14)18-12(11)13/h6,9H,4-5,7-8H2,1-3H3. The van der Waals surface area contributed by atoms with Crippen molar-refractivity contribution in [3.8, 4) is 0 Å². The molecule has 0 aliphatic rings. The SMILES string of the molecule is CCC(C)CN(CC)S(=O)(=O)c1cc(CCl)sc1Br. The van der Waals surface area contributed by atoms with Crippen LogP contribution in [0.1, 0.15) is 32.1 Å². The second kappa shape index (κ2) is 7.41.